The van der Waals surface area contributed by atoms with Gasteiger partial charge in [-0.1, -0.05) is 31.7 Å². The van der Waals surface area contributed by atoms with Gasteiger partial charge in [-0.05, 0) is 37.0 Å². The van der Waals surface area contributed by atoms with Gasteiger partial charge >= 0.3 is 0 Å². The topological polar surface area (TPSA) is 0 Å². The molecule has 13 heavy (non-hydrogen) atoms. The second-order valence-electron chi connectivity index (χ2n) is 4.14. The van der Waals surface area contributed by atoms with Crippen molar-refractivity contribution in [1.29, 1.82) is 0 Å². The Morgan fingerprint density at radius 3 is 2.54 bits per heavy atom. The van der Waals surface area contributed by atoms with Crippen molar-refractivity contribution in [2.24, 2.45) is 23.7 Å². The molecular formula is C12H19Cl. The first-order valence-corrected chi connectivity index (χ1v) is 5.17. The number of hydrogen-bond acceptors (Lipinski definition) is 0. The monoisotopic (exact) mass is 198 g/mol. The summed E-state index contributed by atoms with van der Waals surface area (Å²) in [5, 5.41) is 0. The highest BCUT2D eigenvalue weighted by molar-refractivity contribution is 6.18. The van der Waals surface area contributed by atoms with Crippen LogP contribution in [0.25, 0.3) is 0 Å². The molecule has 2 aliphatic rings. The smallest absolute Gasteiger partial charge is 0.0263 e. The fourth-order valence-corrected chi connectivity index (χ4v) is 3.29. The fraction of sp³-hybridized carbons (Fsp3) is 0.667. The Balaban J connectivity index is 0.000000845. The third-order valence-corrected chi connectivity index (χ3v) is 3.73. The summed E-state index contributed by atoms with van der Waals surface area (Å²) in [6, 6.07) is 0. The highest BCUT2D eigenvalue weighted by atomic mass is 35.5. The molecule has 0 aromatic heterocycles. The van der Waals surface area contributed by atoms with E-state index in [2.05, 4.69) is 25.7 Å². The lowest BCUT2D eigenvalue weighted by atomic mass is 9.80. The van der Waals surface area contributed by atoms with Crippen molar-refractivity contribution < 1.29 is 0 Å². The lowest BCUT2D eigenvalue weighted by molar-refractivity contribution is 0.390. The average molecular weight is 199 g/mol. The van der Waals surface area contributed by atoms with E-state index in [0.717, 1.165) is 17.7 Å². The molecule has 4 unspecified atom stereocenters. The molecule has 2 rings (SSSR count). The summed E-state index contributed by atoms with van der Waals surface area (Å²) in [4.78, 5) is 0. The molecule has 4 atom stereocenters. The van der Waals surface area contributed by atoms with Gasteiger partial charge in [-0.2, -0.15) is 0 Å². The Kier molecular flexibility index (Phi) is 3.23. The predicted molar refractivity (Wildman–Crippen MR) is 60.0 cm³/mol. The summed E-state index contributed by atoms with van der Waals surface area (Å²) in [6.07, 6.45) is 6.01. The largest absolute Gasteiger partial charge is 0.126 e. The first-order valence-electron chi connectivity index (χ1n) is 4.63. The van der Waals surface area contributed by atoms with E-state index in [1.807, 2.05) is 0 Å². The fourth-order valence-electron chi connectivity index (χ4n) is 2.87. The van der Waals surface area contributed by atoms with Crippen LogP contribution >= 0.6 is 11.6 Å². The van der Waals surface area contributed by atoms with Gasteiger partial charge in [-0.25, -0.2) is 0 Å². The first kappa shape index (κ1) is 10.8. The van der Waals surface area contributed by atoms with E-state index in [1.165, 1.54) is 12.0 Å². The zero-order chi connectivity index (χ0) is 8.72. The molecule has 0 saturated heterocycles. The summed E-state index contributed by atoms with van der Waals surface area (Å²) in [5.41, 5.74) is 1.32. The van der Waals surface area contributed by atoms with Crippen LogP contribution in [0.5, 0.6) is 0 Å². The minimum absolute atomic E-state index is 0. The second kappa shape index (κ2) is 3.88. The molecule has 0 heterocycles. The Morgan fingerprint density at radius 1 is 1.46 bits per heavy atom. The number of hydrogen-bond donors (Lipinski definition) is 0. The molecular weight excluding hydrogens is 180 g/mol. The minimum Gasteiger partial charge on any atom is -0.126 e. The van der Waals surface area contributed by atoms with E-state index in [-0.39, 0.29) is 7.43 Å². The van der Waals surface area contributed by atoms with Gasteiger partial charge < -0.3 is 0 Å². The minimum atomic E-state index is 0. The van der Waals surface area contributed by atoms with Crippen LogP contribution in [0.4, 0.5) is 0 Å². The van der Waals surface area contributed by atoms with Crippen LogP contribution in [0, 0.1) is 23.7 Å². The van der Waals surface area contributed by atoms with Crippen LogP contribution in [0.15, 0.2) is 24.3 Å². The van der Waals surface area contributed by atoms with Crippen molar-refractivity contribution in [1.82, 2.24) is 0 Å². The van der Waals surface area contributed by atoms with Gasteiger partial charge in [0.1, 0.15) is 0 Å². The SMILES string of the molecule is C.C=C(C)C1C2C=CC(C2)C1CCl. The van der Waals surface area contributed by atoms with Gasteiger partial charge in [0.25, 0.3) is 0 Å². The molecule has 2 bridgehead atoms. The Morgan fingerprint density at radius 2 is 2.08 bits per heavy atom. The molecule has 0 nitrogen and oxygen atoms in total. The molecule has 0 aromatic carbocycles. The molecule has 1 fully saturated rings. The molecule has 1 heteroatoms. The van der Waals surface area contributed by atoms with Crippen molar-refractivity contribution in [3.8, 4) is 0 Å². The molecule has 2 aliphatic carbocycles. The van der Waals surface area contributed by atoms with Crippen molar-refractivity contribution in [2.45, 2.75) is 20.8 Å². The van der Waals surface area contributed by atoms with Gasteiger partial charge in [-0.15, -0.1) is 11.6 Å². The Hall–Kier alpha value is -0.230. The molecule has 0 N–H and O–H groups in total. The number of fused-ring (bicyclic) bond motifs is 2. The van der Waals surface area contributed by atoms with E-state index in [9.17, 15) is 0 Å². The lowest BCUT2D eigenvalue weighted by Crippen LogP contribution is -2.21. The van der Waals surface area contributed by atoms with Gasteiger partial charge in [0, 0.05) is 5.88 Å². The number of alkyl halides is 1. The third kappa shape index (κ3) is 1.57. The van der Waals surface area contributed by atoms with E-state index in [4.69, 9.17) is 11.6 Å². The standard InChI is InChI=1S/C11H15Cl.CH4/c1-7(2)11-9-4-3-8(5-9)10(11)6-12;/h3-4,8-11H,1,5-6H2,2H3;1H4. The van der Waals surface area contributed by atoms with Crippen LogP contribution < -0.4 is 0 Å². The lowest BCUT2D eigenvalue weighted by Gasteiger charge is -2.26. The van der Waals surface area contributed by atoms with Crippen molar-refractivity contribution in [2.75, 3.05) is 5.88 Å². The molecule has 0 spiro atoms. The number of halogens is 1. The number of allylic oxidation sites excluding steroid dienone is 3. The maximum absolute atomic E-state index is 5.97. The Labute approximate surface area is 86.7 Å². The summed E-state index contributed by atoms with van der Waals surface area (Å²) in [6.45, 7) is 6.20. The summed E-state index contributed by atoms with van der Waals surface area (Å²) in [7, 11) is 0. The molecule has 1 saturated carbocycles. The molecule has 74 valence electrons. The van der Waals surface area contributed by atoms with Gasteiger partial charge in [-0.3, -0.25) is 0 Å². The molecule has 0 amide bonds. The van der Waals surface area contributed by atoms with Gasteiger partial charge in [0.05, 0.1) is 0 Å². The third-order valence-electron chi connectivity index (χ3n) is 3.37. The normalized spacial score (nSPS) is 40.5. The zero-order valence-corrected chi connectivity index (χ0v) is 8.22. The van der Waals surface area contributed by atoms with E-state index < -0.39 is 0 Å². The first-order chi connectivity index (χ1) is 5.74. The van der Waals surface area contributed by atoms with Gasteiger partial charge in [0.2, 0.25) is 0 Å². The summed E-state index contributed by atoms with van der Waals surface area (Å²) >= 11 is 5.97. The molecule has 0 aromatic rings. The summed E-state index contributed by atoms with van der Waals surface area (Å²) in [5.74, 6) is 3.62. The summed E-state index contributed by atoms with van der Waals surface area (Å²) < 4.78 is 0. The molecule has 0 radical (unpaired) electrons. The van der Waals surface area contributed by atoms with Crippen molar-refractivity contribution in [3.63, 3.8) is 0 Å². The van der Waals surface area contributed by atoms with E-state index in [0.29, 0.717) is 11.8 Å². The maximum Gasteiger partial charge on any atom is 0.0263 e. The van der Waals surface area contributed by atoms with Crippen LogP contribution in [0.1, 0.15) is 20.8 Å². The average Bonchev–Trinajstić information content (AvgIpc) is 2.60. The van der Waals surface area contributed by atoms with Crippen LogP contribution in [0.2, 0.25) is 0 Å². The molecule has 0 aliphatic heterocycles. The highest BCUT2D eigenvalue weighted by Gasteiger charge is 2.43. The quantitative estimate of drug-likeness (QED) is 0.467. The van der Waals surface area contributed by atoms with E-state index >= 15 is 0 Å². The highest BCUT2D eigenvalue weighted by Crippen LogP contribution is 2.50. The van der Waals surface area contributed by atoms with Crippen LogP contribution in [0.3, 0.4) is 0 Å². The second-order valence-corrected chi connectivity index (χ2v) is 4.45. The number of rotatable bonds is 2. The van der Waals surface area contributed by atoms with E-state index in [1.54, 1.807) is 0 Å². The predicted octanol–water partition coefficient (Wildman–Crippen LogP) is 3.88. The maximum atomic E-state index is 5.97. The Bertz CT molecular complexity index is 229. The zero-order valence-electron chi connectivity index (χ0n) is 7.46. The van der Waals surface area contributed by atoms with Crippen molar-refractivity contribution >= 4 is 11.6 Å². The van der Waals surface area contributed by atoms with Gasteiger partial charge in [0.15, 0.2) is 0 Å². The van der Waals surface area contributed by atoms with Crippen LogP contribution in [-0.2, 0) is 0 Å². The van der Waals surface area contributed by atoms with Crippen molar-refractivity contribution in [3.05, 3.63) is 24.3 Å². The van der Waals surface area contributed by atoms with Crippen LogP contribution in [-0.4, -0.2) is 5.88 Å².